The molecule has 0 radical (unpaired) electrons. The molecule has 122 valence electrons. The Morgan fingerprint density at radius 3 is 2.35 bits per heavy atom. The van der Waals surface area contributed by atoms with Crippen molar-refractivity contribution >= 4 is 17.5 Å². The molecule has 2 heterocycles. The molecule has 0 aliphatic carbocycles. The zero-order valence-corrected chi connectivity index (χ0v) is 13.9. The fraction of sp³-hybridized carbons (Fsp3) is 0.400. The molecule has 23 heavy (non-hydrogen) atoms. The maximum absolute atomic E-state index is 12.2. The van der Waals surface area contributed by atoms with E-state index < -0.39 is 0 Å². The van der Waals surface area contributed by atoms with Gasteiger partial charge in [0.05, 0.1) is 23.4 Å². The summed E-state index contributed by atoms with van der Waals surface area (Å²) in [5.41, 5.74) is 2.26. The quantitative estimate of drug-likeness (QED) is 0.891. The van der Waals surface area contributed by atoms with Crippen molar-refractivity contribution in [2.45, 2.75) is 27.3 Å². The first-order valence-electron chi connectivity index (χ1n) is 7.13. The van der Waals surface area contributed by atoms with Crippen molar-refractivity contribution in [3.05, 3.63) is 39.8 Å². The number of anilines is 2. The second-order valence-corrected chi connectivity index (χ2v) is 5.51. The lowest BCUT2D eigenvalue weighted by Gasteiger charge is -2.16. The van der Waals surface area contributed by atoms with E-state index in [1.54, 1.807) is 25.7 Å². The summed E-state index contributed by atoms with van der Waals surface area (Å²) in [5, 5.41) is 2.76. The molecule has 8 heteroatoms. The van der Waals surface area contributed by atoms with Gasteiger partial charge in [0.1, 0.15) is 6.54 Å². The van der Waals surface area contributed by atoms with Gasteiger partial charge in [-0.05, 0) is 20.8 Å². The van der Waals surface area contributed by atoms with E-state index in [-0.39, 0.29) is 18.0 Å². The molecule has 2 aromatic heterocycles. The first-order valence-corrected chi connectivity index (χ1v) is 7.13. The van der Waals surface area contributed by atoms with Gasteiger partial charge in [-0.1, -0.05) is 0 Å². The van der Waals surface area contributed by atoms with Crippen LogP contribution in [0.1, 0.15) is 17.1 Å². The SMILES string of the molecule is Cc1cc(=O)n(CC(=O)Nc2c(C)nc(N(C)C)nc2C)cn1. The molecular formula is C15H20N6O2. The van der Waals surface area contributed by atoms with Crippen LogP contribution in [0.15, 0.2) is 17.2 Å². The van der Waals surface area contributed by atoms with Gasteiger partial charge < -0.3 is 10.2 Å². The molecule has 0 fully saturated rings. The van der Waals surface area contributed by atoms with Crippen molar-refractivity contribution in [2.75, 3.05) is 24.3 Å². The van der Waals surface area contributed by atoms with Crippen LogP contribution in [0, 0.1) is 20.8 Å². The molecule has 0 spiro atoms. The zero-order valence-electron chi connectivity index (χ0n) is 13.9. The van der Waals surface area contributed by atoms with Gasteiger partial charge in [-0.3, -0.25) is 14.2 Å². The van der Waals surface area contributed by atoms with Crippen LogP contribution in [0.4, 0.5) is 11.6 Å². The number of hydrogen-bond acceptors (Lipinski definition) is 6. The first-order chi connectivity index (χ1) is 10.8. The van der Waals surface area contributed by atoms with Crippen LogP contribution in [0.5, 0.6) is 0 Å². The maximum Gasteiger partial charge on any atom is 0.253 e. The van der Waals surface area contributed by atoms with Crippen LogP contribution in [0.2, 0.25) is 0 Å². The third-order valence-electron chi connectivity index (χ3n) is 3.25. The highest BCUT2D eigenvalue weighted by atomic mass is 16.2. The van der Waals surface area contributed by atoms with Crippen molar-refractivity contribution in [2.24, 2.45) is 0 Å². The standard InChI is InChI=1S/C15H20N6O2/c1-9-6-13(23)21(8-16-9)7-12(22)19-14-10(2)17-15(20(4)5)18-11(14)3/h6,8H,7H2,1-5H3,(H,19,22). The highest BCUT2D eigenvalue weighted by molar-refractivity contribution is 5.91. The minimum Gasteiger partial charge on any atom is -0.347 e. The molecule has 0 saturated heterocycles. The summed E-state index contributed by atoms with van der Waals surface area (Å²) >= 11 is 0. The number of rotatable bonds is 4. The van der Waals surface area contributed by atoms with E-state index in [1.807, 2.05) is 14.1 Å². The Balaban J connectivity index is 2.19. The van der Waals surface area contributed by atoms with E-state index in [1.165, 1.54) is 17.0 Å². The number of aromatic nitrogens is 4. The fourth-order valence-electron chi connectivity index (χ4n) is 2.05. The van der Waals surface area contributed by atoms with Gasteiger partial charge in [-0.15, -0.1) is 0 Å². The van der Waals surface area contributed by atoms with E-state index >= 15 is 0 Å². The predicted octanol–water partition coefficient (Wildman–Crippen LogP) is 0.663. The molecule has 0 aliphatic heterocycles. The molecule has 0 atom stereocenters. The summed E-state index contributed by atoms with van der Waals surface area (Å²) in [6.45, 7) is 5.22. The van der Waals surface area contributed by atoms with Crippen molar-refractivity contribution < 1.29 is 4.79 Å². The highest BCUT2D eigenvalue weighted by Gasteiger charge is 2.13. The molecule has 0 saturated carbocycles. The van der Waals surface area contributed by atoms with Crippen LogP contribution in [-0.4, -0.2) is 39.5 Å². The van der Waals surface area contributed by atoms with E-state index in [0.717, 1.165) is 0 Å². The average Bonchev–Trinajstić information content (AvgIpc) is 2.45. The number of amides is 1. The second kappa shape index (κ2) is 6.55. The smallest absolute Gasteiger partial charge is 0.253 e. The van der Waals surface area contributed by atoms with Gasteiger partial charge in [-0.2, -0.15) is 0 Å². The van der Waals surface area contributed by atoms with Crippen molar-refractivity contribution in [1.82, 2.24) is 19.5 Å². The molecule has 1 amide bonds. The number of nitrogens with zero attached hydrogens (tertiary/aromatic N) is 5. The topological polar surface area (TPSA) is 93.0 Å². The van der Waals surface area contributed by atoms with Crippen LogP contribution >= 0.6 is 0 Å². The Morgan fingerprint density at radius 1 is 1.22 bits per heavy atom. The summed E-state index contributed by atoms with van der Waals surface area (Å²) in [5.74, 6) is 0.252. The summed E-state index contributed by atoms with van der Waals surface area (Å²) in [6, 6.07) is 1.39. The summed E-state index contributed by atoms with van der Waals surface area (Å²) < 4.78 is 1.25. The number of nitrogens with one attached hydrogen (secondary N) is 1. The Labute approximate surface area is 134 Å². The molecule has 1 N–H and O–H groups in total. The lowest BCUT2D eigenvalue weighted by molar-refractivity contribution is -0.116. The Kier molecular flexibility index (Phi) is 4.73. The largest absolute Gasteiger partial charge is 0.347 e. The monoisotopic (exact) mass is 316 g/mol. The third-order valence-corrected chi connectivity index (χ3v) is 3.25. The second-order valence-electron chi connectivity index (χ2n) is 5.51. The Bertz CT molecular complexity index is 774. The van der Waals surface area contributed by atoms with E-state index in [9.17, 15) is 9.59 Å². The van der Waals surface area contributed by atoms with Gasteiger partial charge in [0.2, 0.25) is 11.9 Å². The van der Waals surface area contributed by atoms with Gasteiger partial charge in [0.15, 0.2) is 0 Å². The molecule has 0 unspecified atom stereocenters. The van der Waals surface area contributed by atoms with Gasteiger partial charge in [0, 0.05) is 25.9 Å². The van der Waals surface area contributed by atoms with Gasteiger partial charge >= 0.3 is 0 Å². The Morgan fingerprint density at radius 2 is 1.83 bits per heavy atom. The van der Waals surface area contributed by atoms with Crippen molar-refractivity contribution in [3.63, 3.8) is 0 Å². The summed E-state index contributed by atoms with van der Waals surface area (Å²) in [7, 11) is 3.70. The fourth-order valence-corrected chi connectivity index (χ4v) is 2.05. The van der Waals surface area contributed by atoms with E-state index in [2.05, 4.69) is 20.3 Å². The highest BCUT2D eigenvalue weighted by Crippen LogP contribution is 2.19. The lowest BCUT2D eigenvalue weighted by Crippen LogP contribution is -2.28. The third kappa shape index (κ3) is 3.91. The van der Waals surface area contributed by atoms with Crippen molar-refractivity contribution in [1.29, 1.82) is 0 Å². The first kappa shape index (κ1) is 16.6. The van der Waals surface area contributed by atoms with E-state index in [4.69, 9.17) is 0 Å². The molecule has 0 aromatic carbocycles. The molecule has 8 nitrogen and oxygen atoms in total. The minimum atomic E-state index is -0.329. The summed E-state index contributed by atoms with van der Waals surface area (Å²) in [6.07, 6.45) is 1.36. The molecular weight excluding hydrogens is 296 g/mol. The zero-order chi connectivity index (χ0) is 17.1. The summed E-state index contributed by atoms with van der Waals surface area (Å²) in [4.78, 5) is 38.5. The van der Waals surface area contributed by atoms with Gasteiger partial charge in [0.25, 0.3) is 5.56 Å². The van der Waals surface area contributed by atoms with Crippen LogP contribution < -0.4 is 15.8 Å². The average molecular weight is 316 g/mol. The molecule has 2 rings (SSSR count). The van der Waals surface area contributed by atoms with Crippen LogP contribution in [0.3, 0.4) is 0 Å². The molecule has 0 bridgehead atoms. The predicted molar refractivity (Wildman–Crippen MR) is 87.7 cm³/mol. The maximum atomic E-state index is 12.2. The normalized spacial score (nSPS) is 10.5. The number of carbonyl (C=O) groups excluding carboxylic acids is 1. The van der Waals surface area contributed by atoms with Crippen LogP contribution in [0.25, 0.3) is 0 Å². The molecule has 2 aromatic rings. The van der Waals surface area contributed by atoms with E-state index in [0.29, 0.717) is 28.7 Å². The van der Waals surface area contributed by atoms with Crippen molar-refractivity contribution in [3.8, 4) is 0 Å². The minimum absolute atomic E-state index is 0.111. The lowest BCUT2D eigenvalue weighted by atomic mass is 10.2. The number of aryl methyl sites for hydroxylation is 3. The number of hydrogen-bond donors (Lipinski definition) is 1. The number of carbonyl (C=O) groups is 1. The Hall–Kier alpha value is -2.77. The van der Waals surface area contributed by atoms with Gasteiger partial charge in [-0.25, -0.2) is 15.0 Å². The van der Waals surface area contributed by atoms with Crippen LogP contribution in [-0.2, 0) is 11.3 Å². The molecule has 0 aliphatic rings.